The highest BCUT2D eigenvalue weighted by Crippen LogP contribution is 2.38. The van der Waals surface area contributed by atoms with E-state index in [0.29, 0.717) is 11.4 Å². The fraction of sp³-hybridized carbons (Fsp3) is 0.250. The highest BCUT2D eigenvalue weighted by Gasteiger charge is 2.22. The topological polar surface area (TPSA) is 62.7 Å². The first-order chi connectivity index (χ1) is 9.72. The average molecular weight is 328 g/mol. The molecule has 0 aliphatic heterocycles. The van der Waals surface area contributed by atoms with Gasteiger partial charge in [0.05, 0.1) is 0 Å². The second-order valence-electron chi connectivity index (χ2n) is 4.97. The van der Waals surface area contributed by atoms with Crippen LogP contribution in [0, 0.1) is 11.3 Å². The highest BCUT2D eigenvalue weighted by molar-refractivity contribution is 9.10. The van der Waals surface area contributed by atoms with Crippen LogP contribution in [0.4, 0.5) is 5.82 Å². The molecule has 0 radical (unpaired) electrons. The summed E-state index contributed by atoms with van der Waals surface area (Å²) in [6.07, 6.45) is 4.19. The number of nitrogen functional groups attached to an aromatic ring is 1. The maximum Gasteiger partial charge on any atom is 0.142 e. The predicted molar refractivity (Wildman–Crippen MR) is 83.1 cm³/mol. The monoisotopic (exact) mass is 327 g/mol. The van der Waals surface area contributed by atoms with Crippen molar-refractivity contribution in [3.63, 3.8) is 0 Å². The number of pyridine rings is 1. The van der Waals surface area contributed by atoms with E-state index in [1.54, 1.807) is 0 Å². The Balaban J connectivity index is 2.36. The molecule has 0 unspecified atom stereocenters. The van der Waals surface area contributed by atoms with Crippen molar-refractivity contribution in [3.8, 4) is 17.2 Å². The molecule has 4 heteroatoms. The quantitative estimate of drug-likeness (QED) is 0.865. The summed E-state index contributed by atoms with van der Waals surface area (Å²) in [5.74, 6) is 0.346. The van der Waals surface area contributed by atoms with Crippen LogP contribution in [-0.2, 0) is 12.8 Å². The standard InChI is InChI=1S/C16H14BrN3/c17-13-7-3-1-5-10(13)15-11-6-2-4-8-14(11)20-16(19)12(15)9-18/h1,3,5,7H,2,4,6,8H2,(H2,19,20). The molecule has 1 aliphatic rings. The number of nitrogens with two attached hydrogens (primary N) is 1. The van der Waals surface area contributed by atoms with Crippen LogP contribution in [0.2, 0.25) is 0 Å². The van der Waals surface area contributed by atoms with Crippen molar-refractivity contribution in [2.45, 2.75) is 25.7 Å². The minimum atomic E-state index is 0.346. The van der Waals surface area contributed by atoms with Gasteiger partial charge in [-0.05, 0) is 42.9 Å². The smallest absolute Gasteiger partial charge is 0.142 e. The molecule has 2 aromatic rings. The maximum absolute atomic E-state index is 9.47. The van der Waals surface area contributed by atoms with Gasteiger partial charge in [-0.15, -0.1) is 0 Å². The Morgan fingerprint density at radius 3 is 2.70 bits per heavy atom. The number of nitrogens with zero attached hydrogens (tertiary/aromatic N) is 2. The Morgan fingerprint density at radius 2 is 1.95 bits per heavy atom. The zero-order valence-corrected chi connectivity index (χ0v) is 12.6. The van der Waals surface area contributed by atoms with Gasteiger partial charge in [0.2, 0.25) is 0 Å². The Kier molecular flexibility index (Phi) is 3.45. The number of nitriles is 1. The van der Waals surface area contributed by atoms with E-state index in [0.717, 1.165) is 47.0 Å². The Bertz CT molecular complexity index is 716. The van der Waals surface area contributed by atoms with E-state index >= 15 is 0 Å². The predicted octanol–water partition coefficient (Wildman–Crippen LogP) is 3.84. The minimum Gasteiger partial charge on any atom is -0.383 e. The molecular weight excluding hydrogens is 314 g/mol. The largest absolute Gasteiger partial charge is 0.383 e. The van der Waals surface area contributed by atoms with Gasteiger partial charge in [-0.2, -0.15) is 5.26 Å². The highest BCUT2D eigenvalue weighted by atomic mass is 79.9. The van der Waals surface area contributed by atoms with E-state index in [1.165, 1.54) is 5.56 Å². The fourth-order valence-corrected chi connectivity index (χ4v) is 3.32. The average Bonchev–Trinajstić information content (AvgIpc) is 2.46. The van der Waals surface area contributed by atoms with E-state index in [-0.39, 0.29) is 0 Å². The number of aromatic nitrogens is 1. The van der Waals surface area contributed by atoms with Crippen LogP contribution >= 0.6 is 15.9 Å². The molecule has 0 bridgehead atoms. The number of fused-ring (bicyclic) bond motifs is 1. The van der Waals surface area contributed by atoms with Crippen molar-refractivity contribution in [1.82, 2.24) is 4.98 Å². The molecule has 0 saturated carbocycles. The first-order valence-corrected chi connectivity index (χ1v) is 7.48. The molecule has 1 aromatic heterocycles. The van der Waals surface area contributed by atoms with Gasteiger partial charge in [-0.3, -0.25) is 0 Å². The summed E-state index contributed by atoms with van der Waals surface area (Å²) in [7, 11) is 0. The van der Waals surface area contributed by atoms with Crippen LogP contribution in [0.1, 0.15) is 29.7 Å². The lowest BCUT2D eigenvalue weighted by Gasteiger charge is -2.21. The van der Waals surface area contributed by atoms with Gasteiger partial charge in [0.15, 0.2) is 0 Å². The molecule has 0 saturated heterocycles. The summed E-state index contributed by atoms with van der Waals surface area (Å²) in [6, 6.07) is 10.2. The minimum absolute atomic E-state index is 0.346. The molecule has 0 amide bonds. The second-order valence-corrected chi connectivity index (χ2v) is 5.83. The molecule has 0 spiro atoms. The van der Waals surface area contributed by atoms with Crippen LogP contribution in [0.5, 0.6) is 0 Å². The number of halogens is 1. The van der Waals surface area contributed by atoms with E-state index in [4.69, 9.17) is 5.73 Å². The van der Waals surface area contributed by atoms with Crippen molar-refractivity contribution in [2.24, 2.45) is 0 Å². The zero-order valence-electron chi connectivity index (χ0n) is 11.0. The SMILES string of the molecule is N#Cc1c(N)nc2c(c1-c1ccccc1Br)CCCC2. The normalized spacial score (nSPS) is 13.6. The summed E-state index contributed by atoms with van der Waals surface area (Å²) < 4.78 is 0.981. The zero-order chi connectivity index (χ0) is 14.1. The van der Waals surface area contributed by atoms with Crippen LogP contribution in [-0.4, -0.2) is 4.98 Å². The first kappa shape index (κ1) is 13.1. The van der Waals surface area contributed by atoms with Crippen molar-refractivity contribution >= 4 is 21.7 Å². The molecule has 0 fully saturated rings. The Hall–Kier alpha value is -1.86. The molecular formula is C16H14BrN3. The van der Waals surface area contributed by atoms with Crippen LogP contribution in [0.25, 0.3) is 11.1 Å². The van der Waals surface area contributed by atoms with Gasteiger partial charge in [-0.1, -0.05) is 34.1 Å². The number of aryl methyl sites for hydroxylation is 1. The lowest BCUT2D eigenvalue weighted by molar-refractivity contribution is 0.670. The van der Waals surface area contributed by atoms with Crippen LogP contribution in [0.15, 0.2) is 28.7 Å². The van der Waals surface area contributed by atoms with E-state index < -0.39 is 0 Å². The van der Waals surface area contributed by atoms with Crippen LogP contribution in [0.3, 0.4) is 0 Å². The van der Waals surface area contributed by atoms with Gasteiger partial charge in [0.1, 0.15) is 17.5 Å². The molecule has 3 nitrogen and oxygen atoms in total. The third-order valence-electron chi connectivity index (χ3n) is 3.76. The van der Waals surface area contributed by atoms with Gasteiger partial charge >= 0.3 is 0 Å². The third-order valence-corrected chi connectivity index (χ3v) is 4.45. The van der Waals surface area contributed by atoms with Crippen molar-refractivity contribution in [1.29, 1.82) is 5.26 Å². The van der Waals surface area contributed by atoms with E-state index in [1.807, 2.05) is 24.3 Å². The lowest BCUT2D eigenvalue weighted by Crippen LogP contribution is -2.12. The molecule has 1 heterocycles. The van der Waals surface area contributed by atoms with E-state index in [2.05, 4.69) is 27.0 Å². The first-order valence-electron chi connectivity index (χ1n) is 6.68. The molecule has 3 rings (SSSR count). The Morgan fingerprint density at radius 1 is 1.20 bits per heavy atom. The van der Waals surface area contributed by atoms with Crippen molar-refractivity contribution in [2.75, 3.05) is 5.73 Å². The molecule has 0 atom stereocenters. The second kappa shape index (κ2) is 5.26. The van der Waals surface area contributed by atoms with Gasteiger partial charge < -0.3 is 5.73 Å². The molecule has 20 heavy (non-hydrogen) atoms. The summed E-state index contributed by atoms with van der Waals surface area (Å²) >= 11 is 3.58. The number of anilines is 1. The van der Waals surface area contributed by atoms with Crippen LogP contribution < -0.4 is 5.73 Å². The third kappa shape index (κ3) is 2.08. The summed E-state index contributed by atoms with van der Waals surface area (Å²) in [5, 5.41) is 9.47. The number of benzene rings is 1. The van der Waals surface area contributed by atoms with Gasteiger partial charge in [-0.25, -0.2) is 4.98 Å². The van der Waals surface area contributed by atoms with Crippen molar-refractivity contribution < 1.29 is 0 Å². The lowest BCUT2D eigenvalue weighted by atomic mass is 9.86. The molecule has 1 aliphatic carbocycles. The molecule has 1 aromatic carbocycles. The summed E-state index contributed by atoms with van der Waals surface area (Å²) in [4.78, 5) is 4.44. The number of rotatable bonds is 1. The van der Waals surface area contributed by atoms with E-state index in [9.17, 15) is 5.26 Å². The maximum atomic E-state index is 9.47. The fourth-order valence-electron chi connectivity index (χ4n) is 2.84. The molecule has 2 N–H and O–H groups in total. The van der Waals surface area contributed by atoms with Gasteiger partial charge in [0, 0.05) is 15.7 Å². The number of hydrogen-bond donors (Lipinski definition) is 1. The van der Waals surface area contributed by atoms with Gasteiger partial charge in [0.25, 0.3) is 0 Å². The molecule has 100 valence electrons. The van der Waals surface area contributed by atoms with Crippen molar-refractivity contribution in [3.05, 3.63) is 45.6 Å². The number of hydrogen-bond acceptors (Lipinski definition) is 3. The summed E-state index contributed by atoms with van der Waals surface area (Å²) in [5.41, 5.74) is 10.7. The Labute approximate surface area is 126 Å². The summed E-state index contributed by atoms with van der Waals surface area (Å²) in [6.45, 7) is 0.